The van der Waals surface area contributed by atoms with Crippen molar-refractivity contribution in [3.8, 4) is 0 Å². The molecule has 0 atom stereocenters. The van der Waals surface area contributed by atoms with Gasteiger partial charge in [0, 0.05) is 24.9 Å². The fraction of sp³-hybridized carbons (Fsp3) is 0.636. The molecule has 15 heavy (non-hydrogen) atoms. The van der Waals surface area contributed by atoms with E-state index in [1.165, 1.54) is 0 Å². The molecule has 4 heteroatoms. The predicted octanol–water partition coefficient (Wildman–Crippen LogP) is 1.73. The topological polar surface area (TPSA) is 55.1 Å². The van der Waals surface area contributed by atoms with Gasteiger partial charge < -0.3 is 9.67 Å². The lowest BCUT2D eigenvalue weighted by Crippen LogP contribution is -2.11. The first-order valence-electron chi connectivity index (χ1n) is 5.29. The van der Waals surface area contributed by atoms with Crippen LogP contribution in [0.3, 0.4) is 0 Å². The molecule has 0 radical (unpaired) electrons. The molecule has 0 unspecified atom stereocenters. The van der Waals surface area contributed by atoms with Gasteiger partial charge in [-0.25, -0.2) is 4.98 Å². The second-order valence-electron chi connectivity index (χ2n) is 4.08. The molecule has 0 aliphatic carbocycles. The van der Waals surface area contributed by atoms with Gasteiger partial charge in [0.1, 0.15) is 5.82 Å². The summed E-state index contributed by atoms with van der Waals surface area (Å²) in [7, 11) is 0. The highest BCUT2D eigenvalue weighted by molar-refractivity contribution is 5.69. The molecule has 0 aliphatic heterocycles. The molecule has 0 fully saturated rings. The van der Waals surface area contributed by atoms with E-state index in [9.17, 15) is 4.79 Å². The van der Waals surface area contributed by atoms with Crippen molar-refractivity contribution in [2.75, 3.05) is 0 Å². The minimum atomic E-state index is -0.805. The molecule has 0 aromatic carbocycles. The van der Waals surface area contributed by atoms with Crippen molar-refractivity contribution in [3.05, 3.63) is 17.7 Å². The van der Waals surface area contributed by atoms with Gasteiger partial charge in [0.2, 0.25) is 0 Å². The highest BCUT2D eigenvalue weighted by Crippen LogP contribution is 2.11. The molecule has 1 heterocycles. The van der Waals surface area contributed by atoms with Gasteiger partial charge in [-0.1, -0.05) is 13.8 Å². The summed E-state index contributed by atoms with van der Waals surface area (Å²) in [5.41, 5.74) is 0.792. The van der Waals surface area contributed by atoms with Crippen LogP contribution in [0.5, 0.6) is 0 Å². The molecule has 0 saturated heterocycles. The van der Waals surface area contributed by atoms with E-state index in [2.05, 4.69) is 18.8 Å². The second kappa shape index (κ2) is 4.96. The Labute approximate surface area is 89.9 Å². The zero-order valence-electron chi connectivity index (χ0n) is 9.53. The first-order valence-corrected chi connectivity index (χ1v) is 5.29. The van der Waals surface area contributed by atoms with Crippen molar-refractivity contribution in [2.24, 2.45) is 5.92 Å². The maximum absolute atomic E-state index is 10.6. The molecule has 0 bridgehead atoms. The number of hydrogen-bond acceptors (Lipinski definition) is 2. The predicted molar refractivity (Wildman–Crippen MR) is 57.8 cm³/mol. The first-order chi connectivity index (χ1) is 7.04. The zero-order chi connectivity index (χ0) is 11.4. The van der Waals surface area contributed by atoms with Crippen LogP contribution in [-0.4, -0.2) is 20.6 Å². The Balaban J connectivity index is 2.89. The van der Waals surface area contributed by atoms with Crippen LogP contribution >= 0.6 is 0 Å². The Hall–Kier alpha value is -1.32. The molecule has 0 aliphatic rings. The zero-order valence-corrected chi connectivity index (χ0v) is 9.53. The highest BCUT2D eigenvalue weighted by Gasteiger charge is 2.12. The maximum atomic E-state index is 10.6. The number of carboxylic acids is 1. The summed E-state index contributed by atoms with van der Waals surface area (Å²) >= 11 is 0. The number of imidazole rings is 1. The highest BCUT2D eigenvalue weighted by atomic mass is 16.4. The summed E-state index contributed by atoms with van der Waals surface area (Å²) in [6.45, 7) is 7.05. The van der Waals surface area contributed by atoms with E-state index < -0.39 is 5.97 Å². The third kappa shape index (κ3) is 3.08. The Bertz CT molecular complexity index is 342. The number of aromatic nitrogens is 2. The van der Waals surface area contributed by atoms with E-state index in [1.54, 1.807) is 6.20 Å². The van der Waals surface area contributed by atoms with Crippen LogP contribution in [-0.2, 0) is 24.2 Å². The largest absolute Gasteiger partial charge is 0.481 e. The SMILES string of the molecule is CCn1c(CC(=O)O)cnc1CC(C)C. The van der Waals surface area contributed by atoms with Crippen LogP contribution in [0.1, 0.15) is 32.3 Å². The minimum Gasteiger partial charge on any atom is -0.481 e. The van der Waals surface area contributed by atoms with Crippen molar-refractivity contribution < 1.29 is 9.90 Å². The van der Waals surface area contributed by atoms with Gasteiger partial charge in [0.25, 0.3) is 0 Å². The quantitative estimate of drug-likeness (QED) is 0.805. The lowest BCUT2D eigenvalue weighted by molar-refractivity contribution is -0.136. The molecule has 1 N–H and O–H groups in total. The third-order valence-electron chi connectivity index (χ3n) is 2.26. The molecular formula is C11H18N2O2. The summed E-state index contributed by atoms with van der Waals surface area (Å²) in [5, 5.41) is 8.74. The summed E-state index contributed by atoms with van der Waals surface area (Å²) in [6.07, 6.45) is 2.63. The first kappa shape index (κ1) is 11.8. The van der Waals surface area contributed by atoms with E-state index in [4.69, 9.17) is 5.11 Å². The van der Waals surface area contributed by atoms with Crippen LogP contribution in [0, 0.1) is 5.92 Å². The molecule has 84 valence electrons. The summed E-state index contributed by atoms with van der Waals surface area (Å²) in [5.74, 6) is 0.722. The fourth-order valence-corrected chi connectivity index (χ4v) is 1.66. The standard InChI is InChI=1S/C11H18N2O2/c1-4-13-9(6-11(14)15)7-12-10(13)5-8(2)3/h7-8H,4-6H2,1-3H3,(H,14,15). The van der Waals surface area contributed by atoms with Gasteiger partial charge in [-0.3, -0.25) is 4.79 Å². The second-order valence-corrected chi connectivity index (χ2v) is 4.08. The van der Waals surface area contributed by atoms with Crippen molar-refractivity contribution in [1.29, 1.82) is 0 Å². The molecule has 0 spiro atoms. The Kier molecular flexibility index (Phi) is 3.88. The number of hydrogen-bond donors (Lipinski definition) is 1. The van der Waals surface area contributed by atoms with Crippen molar-refractivity contribution in [2.45, 2.75) is 40.2 Å². The van der Waals surface area contributed by atoms with Gasteiger partial charge in [0.15, 0.2) is 0 Å². The Morgan fingerprint density at radius 3 is 2.73 bits per heavy atom. The van der Waals surface area contributed by atoms with Crippen LogP contribution in [0.25, 0.3) is 0 Å². The van der Waals surface area contributed by atoms with Crippen LogP contribution in [0.4, 0.5) is 0 Å². The molecule has 1 aromatic rings. The third-order valence-corrected chi connectivity index (χ3v) is 2.26. The Morgan fingerprint density at radius 1 is 1.60 bits per heavy atom. The van der Waals surface area contributed by atoms with E-state index in [-0.39, 0.29) is 6.42 Å². The van der Waals surface area contributed by atoms with Gasteiger partial charge in [-0.05, 0) is 12.8 Å². The van der Waals surface area contributed by atoms with Crippen molar-refractivity contribution in [1.82, 2.24) is 9.55 Å². The fourth-order valence-electron chi connectivity index (χ4n) is 1.66. The maximum Gasteiger partial charge on any atom is 0.309 e. The molecule has 1 rings (SSSR count). The normalized spacial score (nSPS) is 10.9. The number of aliphatic carboxylic acids is 1. The number of carboxylic acid groups (broad SMARTS) is 1. The van der Waals surface area contributed by atoms with Crippen molar-refractivity contribution in [3.63, 3.8) is 0 Å². The Morgan fingerprint density at radius 2 is 2.27 bits per heavy atom. The van der Waals surface area contributed by atoms with Crippen molar-refractivity contribution >= 4 is 5.97 Å². The number of carbonyl (C=O) groups is 1. The summed E-state index contributed by atoms with van der Waals surface area (Å²) < 4.78 is 1.99. The summed E-state index contributed by atoms with van der Waals surface area (Å²) in [4.78, 5) is 14.9. The molecule has 0 amide bonds. The van der Waals surface area contributed by atoms with Crippen LogP contribution < -0.4 is 0 Å². The van der Waals surface area contributed by atoms with Gasteiger partial charge in [-0.2, -0.15) is 0 Å². The van der Waals surface area contributed by atoms with Gasteiger partial charge >= 0.3 is 5.97 Å². The average Bonchev–Trinajstić information content (AvgIpc) is 2.45. The molecular weight excluding hydrogens is 192 g/mol. The molecule has 0 saturated carbocycles. The number of nitrogens with zero attached hydrogens (tertiary/aromatic N) is 2. The smallest absolute Gasteiger partial charge is 0.309 e. The van der Waals surface area contributed by atoms with E-state index in [0.717, 1.165) is 24.5 Å². The van der Waals surface area contributed by atoms with Gasteiger partial charge in [-0.15, -0.1) is 0 Å². The lowest BCUT2D eigenvalue weighted by atomic mass is 10.1. The summed E-state index contributed by atoms with van der Waals surface area (Å²) in [6, 6.07) is 0. The van der Waals surface area contributed by atoms with Gasteiger partial charge in [0.05, 0.1) is 6.42 Å². The lowest BCUT2D eigenvalue weighted by Gasteiger charge is -2.09. The molecule has 4 nitrogen and oxygen atoms in total. The minimum absolute atomic E-state index is 0.0545. The monoisotopic (exact) mass is 210 g/mol. The van der Waals surface area contributed by atoms with E-state index in [1.807, 2.05) is 11.5 Å². The average molecular weight is 210 g/mol. The van der Waals surface area contributed by atoms with E-state index in [0.29, 0.717) is 5.92 Å². The molecule has 1 aromatic heterocycles. The van der Waals surface area contributed by atoms with Crippen LogP contribution in [0.15, 0.2) is 6.20 Å². The van der Waals surface area contributed by atoms with Crippen LogP contribution in [0.2, 0.25) is 0 Å². The number of rotatable bonds is 5. The van der Waals surface area contributed by atoms with E-state index >= 15 is 0 Å².